The van der Waals surface area contributed by atoms with Crippen LogP contribution in [-0.4, -0.2) is 36.5 Å². The molecule has 1 saturated heterocycles. The molecule has 6 nitrogen and oxygen atoms in total. The van der Waals surface area contributed by atoms with Crippen LogP contribution in [0.15, 0.2) is 22.7 Å². The molecule has 2 heterocycles. The molecular formula is C15H19N3O3. The third-order valence-corrected chi connectivity index (χ3v) is 4.09. The summed E-state index contributed by atoms with van der Waals surface area (Å²) in [5.74, 6) is 1.91. The zero-order valence-electron chi connectivity index (χ0n) is 12.4. The number of hydrogen-bond acceptors (Lipinski definition) is 6. The van der Waals surface area contributed by atoms with E-state index in [1.807, 2.05) is 32.0 Å². The van der Waals surface area contributed by atoms with Crippen molar-refractivity contribution >= 4 is 0 Å². The molecule has 0 amide bonds. The molecule has 0 radical (unpaired) electrons. The summed E-state index contributed by atoms with van der Waals surface area (Å²) < 4.78 is 16.1. The largest absolute Gasteiger partial charge is 0.496 e. The Hall–Kier alpha value is -1.92. The molecular weight excluding hydrogens is 270 g/mol. The molecule has 2 aromatic rings. The molecule has 1 fully saturated rings. The SMILES string of the molecule is COc1ccc(-c2noc(C3(C)COCC3N)n2)cc1C. The van der Waals surface area contributed by atoms with E-state index in [2.05, 4.69) is 10.1 Å². The van der Waals surface area contributed by atoms with E-state index in [1.54, 1.807) is 7.11 Å². The van der Waals surface area contributed by atoms with Crippen molar-refractivity contribution in [2.75, 3.05) is 20.3 Å². The van der Waals surface area contributed by atoms with Crippen LogP contribution in [0.2, 0.25) is 0 Å². The van der Waals surface area contributed by atoms with Gasteiger partial charge in [0.1, 0.15) is 5.75 Å². The van der Waals surface area contributed by atoms with Crippen molar-refractivity contribution in [3.8, 4) is 17.1 Å². The molecule has 21 heavy (non-hydrogen) atoms. The summed E-state index contributed by atoms with van der Waals surface area (Å²) in [4.78, 5) is 4.50. The van der Waals surface area contributed by atoms with Crippen molar-refractivity contribution in [3.05, 3.63) is 29.7 Å². The van der Waals surface area contributed by atoms with E-state index in [9.17, 15) is 0 Å². The van der Waals surface area contributed by atoms with Gasteiger partial charge >= 0.3 is 0 Å². The van der Waals surface area contributed by atoms with Gasteiger partial charge in [0.2, 0.25) is 11.7 Å². The first-order valence-corrected chi connectivity index (χ1v) is 6.87. The summed E-state index contributed by atoms with van der Waals surface area (Å²) >= 11 is 0. The molecule has 2 unspecified atom stereocenters. The molecule has 0 aliphatic carbocycles. The van der Waals surface area contributed by atoms with E-state index in [1.165, 1.54) is 0 Å². The smallest absolute Gasteiger partial charge is 0.236 e. The summed E-state index contributed by atoms with van der Waals surface area (Å²) in [5, 5.41) is 4.07. The summed E-state index contributed by atoms with van der Waals surface area (Å²) in [6.07, 6.45) is 0. The number of rotatable bonds is 3. The van der Waals surface area contributed by atoms with Crippen molar-refractivity contribution in [2.24, 2.45) is 5.73 Å². The van der Waals surface area contributed by atoms with Gasteiger partial charge in [-0.2, -0.15) is 4.98 Å². The van der Waals surface area contributed by atoms with Gasteiger partial charge in [0.25, 0.3) is 0 Å². The average molecular weight is 289 g/mol. The fourth-order valence-corrected chi connectivity index (χ4v) is 2.50. The summed E-state index contributed by atoms with van der Waals surface area (Å²) in [6.45, 7) is 4.97. The van der Waals surface area contributed by atoms with Crippen molar-refractivity contribution in [3.63, 3.8) is 0 Å². The molecule has 1 aromatic carbocycles. The number of methoxy groups -OCH3 is 1. The highest BCUT2D eigenvalue weighted by Gasteiger charge is 2.44. The fraction of sp³-hybridized carbons (Fsp3) is 0.467. The van der Waals surface area contributed by atoms with E-state index in [0.717, 1.165) is 16.9 Å². The predicted molar refractivity (Wildman–Crippen MR) is 77.2 cm³/mol. The lowest BCUT2D eigenvalue weighted by Crippen LogP contribution is -2.42. The highest BCUT2D eigenvalue weighted by Crippen LogP contribution is 2.32. The lowest BCUT2D eigenvalue weighted by molar-refractivity contribution is 0.169. The zero-order chi connectivity index (χ0) is 15.0. The molecule has 0 spiro atoms. The van der Waals surface area contributed by atoms with Gasteiger partial charge in [-0.25, -0.2) is 0 Å². The zero-order valence-corrected chi connectivity index (χ0v) is 12.4. The Morgan fingerprint density at radius 1 is 1.43 bits per heavy atom. The van der Waals surface area contributed by atoms with Gasteiger partial charge in [0.05, 0.1) is 25.7 Å². The van der Waals surface area contributed by atoms with Crippen LogP contribution in [0.4, 0.5) is 0 Å². The number of ether oxygens (including phenoxy) is 2. The van der Waals surface area contributed by atoms with Gasteiger partial charge in [-0.3, -0.25) is 0 Å². The minimum Gasteiger partial charge on any atom is -0.496 e. The summed E-state index contributed by atoms with van der Waals surface area (Å²) in [5.41, 5.74) is 7.57. The van der Waals surface area contributed by atoms with Gasteiger partial charge in [0.15, 0.2) is 0 Å². The quantitative estimate of drug-likeness (QED) is 0.925. The standard InChI is InChI=1S/C15H19N3O3/c1-9-6-10(4-5-11(9)19-3)13-17-14(21-18-13)15(2)8-20-7-12(15)16/h4-6,12H,7-8,16H2,1-3H3. The number of hydrogen-bond donors (Lipinski definition) is 1. The summed E-state index contributed by atoms with van der Waals surface area (Å²) in [6, 6.07) is 5.64. The van der Waals surface area contributed by atoms with Crippen molar-refractivity contribution in [2.45, 2.75) is 25.3 Å². The van der Waals surface area contributed by atoms with E-state index in [-0.39, 0.29) is 6.04 Å². The highest BCUT2D eigenvalue weighted by molar-refractivity contribution is 5.58. The van der Waals surface area contributed by atoms with Crippen molar-refractivity contribution in [1.82, 2.24) is 10.1 Å². The molecule has 1 aliphatic rings. The lowest BCUT2D eigenvalue weighted by atomic mass is 9.86. The van der Waals surface area contributed by atoms with Crippen LogP contribution >= 0.6 is 0 Å². The van der Waals surface area contributed by atoms with E-state index < -0.39 is 5.41 Å². The Morgan fingerprint density at radius 3 is 2.86 bits per heavy atom. The second kappa shape index (κ2) is 5.13. The minimum atomic E-state index is -0.424. The Balaban J connectivity index is 1.93. The van der Waals surface area contributed by atoms with Crippen LogP contribution in [-0.2, 0) is 10.2 Å². The van der Waals surface area contributed by atoms with E-state index in [0.29, 0.717) is 24.9 Å². The third-order valence-electron chi connectivity index (χ3n) is 4.09. The van der Waals surface area contributed by atoms with Crippen LogP contribution in [0.3, 0.4) is 0 Å². The number of nitrogens with zero attached hydrogens (tertiary/aromatic N) is 2. The first-order chi connectivity index (χ1) is 10.0. The van der Waals surface area contributed by atoms with Gasteiger partial charge in [-0.15, -0.1) is 0 Å². The lowest BCUT2D eigenvalue weighted by Gasteiger charge is -2.21. The fourth-order valence-electron chi connectivity index (χ4n) is 2.50. The number of aryl methyl sites for hydroxylation is 1. The molecule has 6 heteroatoms. The Bertz CT molecular complexity index is 655. The van der Waals surface area contributed by atoms with Crippen LogP contribution in [0.25, 0.3) is 11.4 Å². The molecule has 3 rings (SSSR count). The second-order valence-electron chi connectivity index (χ2n) is 5.65. The van der Waals surface area contributed by atoms with Gasteiger partial charge in [0, 0.05) is 11.6 Å². The first kappa shape index (κ1) is 14.0. The molecule has 1 aliphatic heterocycles. The maximum Gasteiger partial charge on any atom is 0.236 e. The monoisotopic (exact) mass is 289 g/mol. The van der Waals surface area contributed by atoms with Gasteiger partial charge in [-0.05, 0) is 37.6 Å². The topological polar surface area (TPSA) is 83.4 Å². The molecule has 1 aromatic heterocycles. The minimum absolute atomic E-state index is 0.136. The third kappa shape index (κ3) is 2.30. The van der Waals surface area contributed by atoms with Crippen molar-refractivity contribution < 1.29 is 14.0 Å². The number of aromatic nitrogens is 2. The molecule has 2 atom stereocenters. The maximum absolute atomic E-state index is 6.09. The second-order valence-corrected chi connectivity index (χ2v) is 5.65. The Morgan fingerprint density at radius 2 is 2.24 bits per heavy atom. The molecule has 0 bridgehead atoms. The van der Waals surface area contributed by atoms with E-state index in [4.69, 9.17) is 19.7 Å². The number of nitrogens with two attached hydrogens (primary N) is 1. The van der Waals surface area contributed by atoms with Crippen LogP contribution in [0.1, 0.15) is 18.4 Å². The van der Waals surface area contributed by atoms with Crippen LogP contribution in [0, 0.1) is 6.92 Å². The van der Waals surface area contributed by atoms with Crippen LogP contribution < -0.4 is 10.5 Å². The molecule has 0 saturated carbocycles. The van der Waals surface area contributed by atoms with Crippen LogP contribution in [0.5, 0.6) is 5.75 Å². The predicted octanol–water partition coefficient (Wildman–Crippen LogP) is 1.67. The number of benzene rings is 1. The molecule has 2 N–H and O–H groups in total. The normalized spacial score (nSPS) is 25.2. The van der Waals surface area contributed by atoms with E-state index >= 15 is 0 Å². The Kier molecular flexibility index (Phi) is 3.43. The van der Waals surface area contributed by atoms with Crippen molar-refractivity contribution in [1.29, 1.82) is 0 Å². The van der Waals surface area contributed by atoms with Gasteiger partial charge in [-0.1, -0.05) is 5.16 Å². The average Bonchev–Trinajstić information content (AvgIpc) is 3.08. The highest BCUT2D eigenvalue weighted by atomic mass is 16.5. The molecule has 112 valence electrons. The van der Waals surface area contributed by atoms with Gasteiger partial charge < -0.3 is 19.7 Å². The first-order valence-electron chi connectivity index (χ1n) is 6.87. The summed E-state index contributed by atoms with van der Waals surface area (Å²) in [7, 11) is 1.65. The maximum atomic E-state index is 6.09. The Labute approximate surface area is 123 Å².